The van der Waals surface area contributed by atoms with Crippen LogP contribution >= 0.6 is 11.6 Å². The van der Waals surface area contributed by atoms with Crippen molar-refractivity contribution < 1.29 is 18.7 Å². The molecule has 1 aliphatic heterocycles. The maximum absolute atomic E-state index is 14.2. The number of hydrogen-bond donors (Lipinski definition) is 0. The van der Waals surface area contributed by atoms with Crippen molar-refractivity contribution in [1.29, 1.82) is 0 Å². The summed E-state index contributed by atoms with van der Waals surface area (Å²) in [5.74, 6) is 0.884. The van der Waals surface area contributed by atoms with Gasteiger partial charge in [-0.05, 0) is 84.6 Å². The van der Waals surface area contributed by atoms with Gasteiger partial charge in [-0.2, -0.15) is 0 Å². The van der Waals surface area contributed by atoms with E-state index >= 15 is 0 Å². The minimum atomic E-state index is -0.400. The third-order valence-electron chi connectivity index (χ3n) is 7.51. The normalized spacial score (nSPS) is 15.3. The van der Waals surface area contributed by atoms with E-state index in [1.54, 1.807) is 19.4 Å². The molecule has 8 heteroatoms. The molecule has 0 spiro atoms. The molecule has 0 fully saturated rings. The van der Waals surface area contributed by atoms with Crippen LogP contribution in [0, 0.1) is 5.82 Å². The molecule has 41 heavy (non-hydrogen) atoms. The highest BCUT2D eigenvalue weighted by Crippen LogP contribution is 2.44. The predicted molar refractivity (Wildman–Crippen MR) is 161 cm³/mol. The molecule has 212 valence electrons. The lowest BCUT2D eigenvalue weighted by molar-refractivity contribution is -0.118. The summed E-state index contributed by atoms with van der Waals surface area (Å²) in [7, 11) is 3.51. The molecule has 0 N–H and O–H groups in total. The Morgan fingerprint density at radius 2 is 1.83 bits per heavy atom. The second-order valence-electron chi connectivity index (χ2n) is 10.3. The molecule has 1 amide bonds. The third kappa shape index (κ3) is 6.00. The average Bonchev–Trinajstić information content (AvgIpc) is 2.98. The van der Waals surface area contributed by atoms with E-state index in [1.165, 1.54) is 6.20 Å². The number of aromatic nitrogens is 1. The van der Waals surface area contributed by atoms with Gasteiger partial charge in [-0.1, -0.05) is 30.7 Å². The van der Waals surface area contributed by atoms with Crippen molar-refractivity contribution in [1.82, 2.24) is 4.98 Å². The van der Waals surface area contributed by atoms with Gasteiger partial charge in [0.05, 0.1) is 31.9 Å². The van der Waals surface area contributed by atoms with Crippen molar-refractivity contribution in [2.45, 2.75) is 45.4 Å². The Hall–Kier alpha value is -4.10. The molecule has 0 saturated heterocycles. The van der Waals surface area contributed by atoms with E-state index in [-0.39, 0.29) is 24.2 Å². The Kier molecular flexibility index (Phi) is 8.45. The lowest BCUT2D eigenvalue weighted by Gasteiger charge is -2.38. The summed E-state index contributed by atoms with van der Waals surface area (Å²) in [5, 5.41) is 0.621. The molecule has 4 aromatic rings. The number of methoxy groups -OCH3 is 1. The lowest BCUT2D eigenvalue weighted by atomic mass is 9.86. The van der Waals surface area contributed by atoms with E-state index in [9.17, 15) is 9.18 Å². The largest absolute Gasteiger partial charge is 0.493 e. The molecule has 3 aromatic carbocycles. The zero-order valence-corrected chi connectivity index (χ0v) is 24.4. The highest BCUT2D eigenvalue weighted by atomic mass is 35.5. The van der Waals surface area contributed by atoms with E-state index < -0.39 is 6.04 Å². The van der Waals surface area contributed by atoms with E-state index in [2.05, 4.69) is 11.9 Å². The van der Waals surface area contributed by atoms with Crippen LogP contribution < -0.4 is 19.3 Å². The summed E-state index contributed by atoms with van der Waals surface area (Å²) < 4.78 is 26.1. The van der Waals surface area contributed by atoms with Crippen molar-refractivity contribution in [3.05, 3.63) is 112 Å². The van der Waals surface area contributed by atoms with Crippen LogP contribution in [0.5, 0.6) is 11.5 Å². The fourth-order valence-electron chi connectivity index (χ4n) is 5.12. The number of carbonyl (C=O) groups excluding carboxylic acids is 1. The van der Waals surface area contributed by atoms with Gasteiger partial charge in [-0.25, -0.2) is 4.39 Å². The number of ether oxygens (including phenoxy) is 2. The lowest BCUT2D eigenvalue weighted by Crippen LogP contribution is -2.41. The van der Waals surface area contributed by atoms with Crippen LogP contribution in [0.15, 0.2) is 79.1 Å². The highest BCUT2D eigenvalue weighted by molar-refractivity contribution is 6.30. The number of amides is 1. The Bertz CT molecular complexity index is 1530. The van der Waals surface area contributed by atoms with Gasteiger partial charge in [0.1, 0.15) is 5.82 Å². The molecule has 1 unspecified atom stereocenters. The van der Waals surface area contributed by atoms with Crippen LogP contribution in [0.1, 0.15) is 48.6 Å². The van der Waals surface area contributed by atoms with Gasteiger partial charge in [0.25, 0.3) is 0 Å². The first kappa shape index (κ1) is 28.4. The molecular weight excluding hydrogens is 541 g/mol. The summed E-state index contributed by atoms with van der Waals surface area (Å²) in [6, 6.07) is 20.5. The second-order valence-corrected chi connectivity index (χ2v) is 10.7. The van der Waals surface area contributed by atoms with Gasteiger partial charge in [-0.3, -0.25) is 9.78 Å². The number of anilines is 2. The average molecular weight is 574 g/mol. The first-order valence-electron chi connectivity index (χ1n) is 13.6. The van der Waals surface area contributed by atoms with E-state index in [0.717, 1.165) is 34.5 Å². The van der Waals surface area contributed by atoms with Crippen molar-refractivity contribution in [3.8, 4) is 11.5 Å². The third-order valence-corrected chi connectivity index (χ3v) is 7.76. The SMILES string of the molecule is CC[C@@H](C)Oc1cc2c(cc1OC)CC(=O)N(c1ccc(N(C)Cc3ccncc3F)cc1)C2c1ccc(Cl)cc1. The van der Waals surface area contributed by atoms with E-state index in [0.29, 0.717) is 28.6 Å². The molecular formula is C33H33ClFN3O3. The van der Waals surface area contributed by atoms with Gasteiger partial charge < -0.3 is 19.3 Å². The Balaban J connectivity index is 1.54. The molecule has 1 aromatic heterocycles. The van der Waals surface area contributed by atoms with Crippen molar-refractivity contribution in [2.75, 3.05) is 24.0 Å². The standard InChI is InChI=1S/C33H33ClFN3O3/c1-5-21(2)41-31-18-28-24(16-30(31)40-4)17-32(39)38(33(28)22-6-8-25(34)9-7-22)27-12-10-26(11-13-27)37(3)20-23-14-15-36-19-29(23)35/h6-16,18-19,21,33H,5,17,20H2,1-4H3/t21-,33?/m1/s1. The number of benzene rings is 3. The van der Waals surface area contributed by atoms with Crippen LogP contribution in [0.2, 0.25) is 5.02 Å². The van der Waals surface area contributed by atoms with E-state index in [4.69, 9.17) is 21.1 Å². The minimum absolute atomic E-state index is 0.00224. The number of rotatable bonds is 9. The number of fused-ring (bicyclic) bond motifs is 1. The second kappa shape index (κ2) is 12.2. The summed E-state index contributed by atoms with van der Waals surface area (Å²) >= 11 is 6.24. The number of nitrogens with zero attached hydrogens (tertiary/aromatic N) is 3. The summed E-state index contributed by atoms with van der Waals surface area (Å²) in [6.07, 6.45) is 3.88. The summed E-state index contributed by atoms with van der Waals surface area (Å²) in [6.45, 7) is 4.48. The van der Waals surface area contributed by atoms with Gasteiger partial charge in [0.2, 0.25) is 5.91 Å². The van der Waals surface area contributed by atoms with Crippen LogP contribution in [-0.4, -0.2) is 31.2 Å². The van der Waals surface area contributed by atoms with Crippen LogP contribution in [0.4, 0.5) is 15.8 Å². The van der Waals surface area contributed by atoms with Crippen molar-refractivity contribution in [3.63, 3.8) is 0 Å². The van der Waals surface area contributed by atoms with Crippen molar-refractivity contribution >= 4 is 28.9 Å². The first-order valence-corrected chi connectivity index (χ1v) is 14.0. The van der Waals surface area contributed by atoms with Crippen LogP contribution in [-0.2, 0) is 17.8 Å². The van der Waals surface area contributed by atoms with E-state index in [1.807, 2.05) is 84.4 Å². The number of pyridine rings is 1. The molecule has 6 nitrogen and oxygen atoms in total. The maximum Gasteiger partial charge on any atom is 0.232 e. The quantitative estimate of drug-likeness (QED) is 0.209. The highest BCUT2D eigenvalue weighted by Gasteiger charge is 2.36. The monoisotopic (exact) mass is 573 g/mol. The molecule has 0 aliphatic carbocycles. The molecule has 2 heterocycles. The fourth-order valence-corrected chi connectivity index (χ4v) is 5.25. The molecule has 0 bridgehead atoms. The number of carbonyl (C=O) groups is 1. The maximum atomic E-state index is 14.2. The van der Waals surface area contributed by atoms with Gasteiger partial charge >= 0.3 is 0 Å². The Labute approximate surface area is 245 Å². The molecule has 5 rings (SSSR count). The zero-order chi connectivity index (χ0) is 29.1. The zero-order valence-electron chi connectivity index (χ0n) is 23.6. The van der Waals surface area contributed by atoms with Gasteiger partial charge in [-0.15, -0.1) is 0 Å². The predicted octanol–water partition coefficient (Wildman–Crippen LogP) is 7.38. The molecule has 1 aliphatic rings. The summed E-state index contributed by atoms with van der Waals surface area (Å²) in [5.41, 5.74) is 5.01. The molecule has 2 atom stereocenters. The molecule has 0 radical (unpaired) electrons. The van der Waals surface area contributed by atoms with Gasteiger partial charge in [0, 0.05) is 41.8 Å². The fraction of sp³-hybridized carbons (Fsp3) is 0.273. The Morgan fingerprint density at radius 1 is 1.10 bits per heavy atom. The minimum Gasteiger partial charge on any atom is -0.493 e. The number of halogens is 2. The summed E-state index contributed by atoms with van der Waals surface area (Å²) in [4.78, 5) is 21.4. The van der Waals surface area contributed by atoms with Gasteiger partial charge in [0.15, 0.2) is 11.5 Å². The van der Waals surface area contributed by atoms with Crippen molar-refractivity contribution in [2.24, 2.45) is 0 Å². The van der Waals surface area contributed by atoms with Crippen LogP contribution in [0.3, 0.4) is 0 Å². The first-order chi connectivity index (χ1) is 19.8. The topological polar surface area (TPSA) is 54.9 Å². The number of hydrogen-bond acceptors (Lipinski definition) is 5. The van der Waals surface area contributed by atoms with Crippen LogP contribution in [0.25, 0.3) is 0 Å². The molecule has 0 saturated carbocycles. The smallest absolute Gasteiger partial charge is 0.232 e. The Morgan fingerprint density at radius 3 is 2.49 bits per heavy atom.